The summed E-state index contributed by atoms with van der Waals surface area (Å²) in [5.41, 5.74) is 0.576. The smallest absolute Gasteiger partial charge is 0.251 e. The van der Waals surface area contributed by atoms with Gasteiger partial charge in [0.15, 0.2) is 11.5 Å². The number of ether oxygens (including phenoxy) is 2. The first-order chi connectivity index (χ1) is 6.31. The number of carbonyl (C=O) groups excluding carboxylic acids is 1. The van der Waals surface area contributed by atoms with Crippen LogP contribution in [0, 0.1) is 0 Å². The minimum atomic E-state index is -0.127. The number of hydrogen-bond donors (Lipinski definition) is 1. The summed E-state index contributed by atoms with van der Waals surface area (Å²) in [6.07, 6.45) is 0. The highest BCUT2D eigenvalue weighted by atomic mass is 16.7. The highest BCUT2D eigenvalue weighted by Gasteiger charge is 2.15. The van der Waals surface area contributed by atoms with E-state index in [9.17, 15) is 4.79 Å². The zero-order valence-corrected chi connectivity index (χ0v) is 7.16. The lowest BCUT2D eigenvalue weighted by atomic mass is 10.2. The first-order valence-corrected chi connectivity index (χ1v) is 3.93. The molecule has 2 rings (SSSR count). The Bertz CT molecular complexity index is 349. The summed E-state index contributed by atoms with van der Waals surface area (Å²) in [5.74, 6) is 1.19. The Kier molecular flexibility index (Phi) is 2.96. The highest BCUT2D eigenvalue weighted by Crippen LogP contribution is 2.32. The summed E-state index contributed by atoms with van der Waals surface area (Å²) in [7, 11) is 1.59. The SMILES string of the molecule is C.CNC(=O)c1ccc2c(c1)OCO2. The van der Waals surface area contributed by atoms with E-state index in [1.165, 1.54) is 0 Å². The van der Waals surface area contributed by atoms with E-state index in [4.69, 9.17) is 9.47 Å². The summed E-state index contributed by atoms with van der Waals surface area (Å²) >= 11 is 0. The van der Waals surface area contributed by atoms with E-state index in [0.717, 1.165) is 0 Å². The van der Waals surface area contributed by atoms with Crippen LogP contribution in [0.25, 0.3) is 0 Å². The van der Waals surface area contributed by atoms with E-state index in [1.54, 1.807) is 25.2 Å². The molecule has 0 aromatic heterocycles. The van der Waals surface area contributed by atoms with Crippen LogP contribution in [0.2, 0.25) is 0 Å². The van der Waals surface area contributed by atoms with Gasteiger partial charge in [-0.3, -0.25) is 4.79 Å². The Labute approximate surface area is 82.8 Å². The van der Waals surface area contributed by atoms with Gasteiger partial charge < -0.3 is 14.8 Å². The van der Waals surface area contributed by atoms with Gasteiger partial charge in [0.2, 0.25) is 6.79 Å². The molecule has 1 aromatic carbocycles. The quantitative estimate of drug-likeness (QED) is 0.737. The molecule has 0 saturated carbocycles. The van der Waals surface area contributed by atoms with Crippen molar-refractivity contribution < 1.29 is 14.3 Å². The van der Waals surface area contributed by atoms with Crippen molar-refractivity contribution in [2.75, 3.05) is 13.8 Å². The van der Waals surface area contributed by atoms with Crippen molar-refractivity contribution in [2.45, 2.75) is 7.43 Å². The van der Waals surface area contributed by atoms with Crippen LogP contribution >= 0.6 is 0 Å². The minimum absolute atomic E-state index is 0. The number of carbonyl (C=O) groups is 1. The molecule has 4 nitrogen and oxygen atoms in total. The van der Waals surface area contributed by atoms with Crippen molar-refractivity contribution in [3.05, 3.63) is 23.8 Å². The number of hydrogen-bond acceptors (Lipinski definition) is 3. The van der Waals surface area contributed by atoms with Gasteiger partial charge in [0, 0.05) is 12.6 Å². The van der Waals surface area contributed by atoms with Gasteiger partial charge in [-0.1, -0.05) is 7.43 Å². The monoisotopic (exact) mass is 195 g/mol. The molecule has 0 unspecified atom stereocenters. The van der Waals surface area contributed by atoms with Crippen LogP contribution in [0.5, 0.6) is 11.5 Å². The Balaban J connectivity index is 0.000000980. The molecule has 0 saturated heterocycles. The molecule has 0 fully saturated rings. The van der Waals surface area contributed by atoms with Crippen molar-refractivity contribution in [1.82, 2.24) is 5.32 Å². The van der Waals surface area contributed by atoms with Crippen LogP contribution < -0.4 is 14.8 Å². The summed E-state index contributed by atoms with van der Waals surface area (Å²) in [6, 6.07) is 5.10. The largest absolute Gasteiger partial charge is 0.454 e. The Morgan fingerprint density at radius 3 is 2.79 bits per heavy atom. The van der Waals surface area contributed by atoms with Crippen molar-refractivity contribution in [3.63, 3.8) is 0 Å². The second kappa shape index (κ2) is 4.00. The van der Waals surface area contributed by atoms with E-state index in [1.807, 2.05) is 0 Å². The predicted octanol–water partition coefficient (Wildman–Crippen LogP) is 1.41. The van der Waals surface area contributed by atoms with E-state index >= 15 is 0 Å². The number of fused-ring (bicyclic) bond motifs is 1. The van der Waals surface area contributed by atoms with Crippen molar-refractivity contribution in [3.8, 4) is 11.5 Å². The van der Waals surface area contributed by atoms with Gasteiger partial charge in [-0.2, -0.15) is 0 Å². The molecule has 1 amide bonds. The van der Waals surface area contributed by atoms with Crippen molar-refractivity contribution >= 4 is 5.91 Å². The van der Waals surface area contributed by atoms with Gasteiger partial charge in [0.25, 0.3) is 5.91 Å². The van der Waals surface area contributed by atoms with Crippen LogP contribution in [0.1, 0.15) is 17.8 Å². The summed E-state index contributed by atoms with van der Waals surface area (Å²) < 4.78 is 10.2. The standard InChI is InChI=1S/C9H9NO3.CH4/c1-10-9(11)6-2-3-7-8(4-6)13-5-12-7;/h2-4H,5H2,1H3,(H,10,11);1H4. The van der Waals surface area contributed by atoms with Gasteiger partial charge in [0.1, 0.15) is 0 Å². The fourth-order valence-electron chi connectivity index (χ4n) is 1.18. The lowest BCUT2D eigenvalue weighted by Gasteiger charge is -2.00. The first kappa shape index (κ1) is 10.4. The van der Waals surface area contributed by atoms with Crippen molar-refractivity contribution in [2.24, 2.45) is 0 Å². The maximum absolute atomic E-state index is 11.2. The molecule has 76 valence electrons. The predicted molar refractivity (Wildman–Crippen MR) is 52.7 cm³/mol. The minimum Gasteiger partial charge on any atom is -0.454 e. The highest BCUT2D eigenvalue weighted by molar-refractivity contribution is 5.94. The Morgan fingerprint density at radius 1 is 1.36 bits per heavy atom. The molecule has 1 aliphatic heterocycles. The molecule has 1 N–H and O–H groups in total. The Hall–Kier alpha value is -1.71. The van der Waals surface area contributed by atoms with Crippen LogP contribution in [0.4, 0.5) is 0 Å². The molecular formula is C10H13NO3. The van der Waals surface area contributed by atoms with Gasteiger partial charge >= 0.3 is 0 Å². The van der Waals surface area contributed by atoms with Crippen LogP contribution in [0.15, 0.2) is 18.2 Å². The molecule has 1 aliphatic rings. The van der Waals surface area contributed by atoms with Crippen LogP contribution in [0.3, 0.4) is 0 Å². The number of nitrogens with one attached hydrogen (secondary N) is 1. The van der Waals surface area contributed by atoms with E-state index in [2.05, 4.69) is 5.32 Å². The topological polar surface area (TPSA) is 47.6 Å². The maximum atomic E-state index is 11.2. The first-order valence-electron chi connectivity index (χ1n) is 3.93. The molecule has 0 aliphatic carbocycles. The molecule has 0 spiro atoms. The summed E-state index contributed by atoms with van der Waals surface area (Å²) in [6.45, 7) is 0.229. The molecule has 0 bridgehead atoms. The zero-order valence-electron chi connectivity index (χ0n) is 7.16. The van der Waals surface area contributed by atoms with Crippen LogP contribution in [-0.4, -0.2) is 19.7 Å². The lowest BCUT2D eigenvalue weighted by molar-refractivity contribution is 0.0962. The zero-order chi connectivity index (χ0) is 9.26. The van der Waals surface area contributed by atoms with Gasteiger partial charge in [-0.25, -0.2) is 0 Å². The average Bonchev–Trinajstić information content (AvgIpc) is 2.63. The number of rotatable bonds is 1. The van der Waals surface area contributed by atoms with Crippen molar-refractivity contribution in [1.29, 1.82) is 0 Å². The molecule has 0 radical (unpaired) electrons. The molecule has 1 aromatic rings. The second-order valence-corrected chi connectivity index (χ2v) is 2.65. The van der Waals surface area contributed by atoms with Gasteiger partial charge in [-0.05, 0) is 18.2 Å². The molecule has 14 heavy (non-hydrogen) atoms. The van der Waals surface area contributed by atoms with E-state index in [0.29, 0.717) is 17.1 Å². The molecule has 4 heteroatoms. The molecular weight excluding hydrogens is 182 g/mol. The molecule has 1 heterocycles. The van der Waals surface area contributed by atoms with E-state index < -0.39 is 0 Å². The lowest BCUT2D eigenvalue weighted by Crippen LogP contribution is -2.17. The van der Waals surface area contributed by atoms with E-state index in [-0.39, 0.29) is 20.1 Å². The third-order valence-electron chi connectivity index (χ3n) is 1.86. The normalized spacial score (nSPS) is 11.8. The molecule has 0 atom stereocenters. The number of benzene rings is 1. The van der Waals surface area contributed by atoms with Crippen LogP contribution in [-0.2, 0) is 0 Å². The Morgan fingerprint density at radius 2 is 2.07 bits per heavy atom. The maximum Gasteiger partial charge on any atom is 0.251 e. The van der Waals surface area contributed by atoms with Gasteiger partial charge in [0.05, 0.1) is 0 Å². The van der Waals surface area contributed by atoms with Gasteiger partial charge in [-0.15, -0.1) is 0 Å². The summed E-state index contributed by atoms with van der Waals surface area (Å²) in [4.78, 5) is 11.2. The average molecular weight is 195 g/mol. The second-order valence-electron chi connectivity index (χ2n) is 2.65. The fourth-order valence-corrected chi connectivity index (χ4v) is 1.18. The summed E-state index contributed by atoms with van der Waals surface area (Å²) in [5, 5.41) is 2.54. The number of amides is 1. The third kappa shape index (κ3) is 1.64. The fraction of sp³-hybridized carbons (Fsp3) is 0.300. The third-order valence-corrected chi connectivity index (χ3v) is 1.86.